The first-order valence-corrected chi connectivity index (χ1v) is 4.86. The third-order valence-corrected chi connectivity index (χ3v) is 2.20. The second kappa shape index (κ2) is 4.65. The van der Waals surface area contributed by atoms with Gasteiger partial charge in [0.2, 0.25) is 5.95 Å². The predicted molar refractivity (Wildman–Crippen MR) is 58.3 cm³/mol. The average Bonchev–Trinajstić information content (AvgIpc) is 2.30. The summed E-state index contributed by atoms with van der Waals surface area (Å²) in [6.45, 7) is 2.58. The van der Waals surface area contributed by atoms with Crippen LogP contribution < -0.4 is 5.32 Å². The molecule has 0 aliphatic rings. The van der Waals surface area contributed by atoms with E-state index in [2.05, 4.69) is 20.3 Å². The lowest BCUT2D eigenvalue weighted by Crippen LogP contribution is -2.05. The van der Waals surface area contributed by atoms with Crippen molar-refractivity contribution in [3.8, 4) is 0 Å². The fraction of sp³-hybridized carbons (Fsp3) is 0.182. The summed E-state index contributed by atoms with van der Waals surface area (Å²) in [7, 11) is 0. The highest BCUT2D eigenvalue weighted by molar-refractivity contribution is 5.29. The zero-order valence-electron chi connectivity index (χ0n) is 8.81. The summed E-state index contributed by atoms with van der Waals surface area (Å²) in [6.07, 6.45) is 5.79. The Morgan fingerprint density at radius 1 is 1.25 bits per heavy atom. The third-order valence-electron chi connectivity index (χ3n) is 2.20. The summed E-state index contributed by atoms with van der Waals surface area (Å²) >= 11 is 0. The molecule has 0 bridgehead atoms. The number of hydrogen-bond donors (Lipinski definition) is 1. The summed E-state index contributed by atoms with van der Waals surface area (Å²) in [5.41, 5.74) is 2.21. The van der Waals surface area contributed by atoms with Crippen molar-refractivity contribution in [1.82, 2.24) is 15.0 Å². The van der Waals surface area contributed by atoms with Crippen LogP contribution in [0.4, 0.5) is 10.3 Å². The molecule has 0 spiro atoms. The molecule has 0 aliphatic carbocycles. The highest BCUT2D eigenvalue weighted by Gasteiger charge is 1.99. The predicted octanol–water partition coefficient (Wildman–Crippen LogP) is 1.93. The first-order chi connectivity index (χ1) is 7.75. The quantitative estimate of drug-likeness (QED) is 0.855. The first-order valence-electron chi connectivity index (χ1n) is 4.86. The molecule has 82 valence electrons. The molecule has 0 saturated heterocycles. The Morgan fingerprint density at radius 2 is 2.00 bits per heavy atom. The van der Waals surface area contributed by atoms with E-state index in [1.165, 1.54) is 0 Å². The smallest absolute Gasteiger partial charge is 0.223 e. The van der Waals surface area contributed by atoms with Gasteiger partial charge in [0.1, 0.15) is 0 Å². The Balaban J connectivity index is 2.02. The van der Waals surface area contributed by atoms with E-state index in [0.717, 1.165) is 23.5 Å². The average molecular weight is 218 g/mol. The van der Waals surface area contributed by atoms with Gasteiger partial charge in [-0.2, -0.15) is 0 Å². The topological polar surface area (TPSA) is 50.7 Å². The Labute approximate surface area is 92.6 Å². The van der Waals surface area contributed by atoms with Gasteiger partial charge in [0.15, 0.2) is 5.82 Å². The molecule has 0 saturated carbocycles. The molecule has 4 nitrogen and oxygen atoms in total. The number of aromatic nitrogens is 3. The maximum Gasteiger partial charge on any atom is 0.223 e. The van der Waals surface area contributed by atoms with Crippen molar-refractivity contribution < 1.29 is 4.39 Å². The summed E-state index contributed by atoms with van der Waals surface area (Å²) in [4.78, 5) is 11.6. The lowest BCUT2D eigenvalue weighted by atomic mass is 10.2. The van der Waals surface area contributed by atoms with Gasteiger partial charge in [0.05, 0.1) is 12.4 Å². The first kappa shape index (κ1) is 10.5. The van der Waals surface area contributed by atoms with Crippen LogP contribution >= 0.6 is 0 Å². The van der Waals surface area contributed by atoms with E-state index < -0.39 is 5.82 Å². The van der Waals surface area contributed by atoms with Crippen molar-refractivity contribution in [1.29, 1.82) is 0 Å². The Hall–Kier alpha value is -2.04. The van der Waals surface area contributed by atoms with Crippen molar-refractivity contribution in [2.75, 3.05) is 5.32 Å². The molecule has 2 heterocycles. The lowest BCUT2D eigenvalue weighted by Gasteiger charge is -2.06. The Bertz CT molecular complexity index is 470. The number of pyridine rings is 1. The number of aryl methyl sites for hydroxylation is 1. The van der Waals surface area contributed by atoms with Crippen molar-refractivity contribution in [2.45, 2.75) is 13.5 Å². The number of nitrogens with one attached hydrogen (secondary N) is 1. The SMILES string of the molecule is Cc1ccncc1CNc1ncc(F)cn1. The maximum absolute atomic E-state index is 12.6. The molecule has 0 aliphatic heterocycles. The molecule has 5 heteroatoms. The fourth-order valence-corrected chi connectivity index (χ4v) is 1.26. The van der Waals surface area contributed by atoms with Gasteiger partial charge in [0, 0.05) is 18.9 Å². The van der Waals surface area contributed by atoms with Gasteiger partial charge in [-0.3, -0.25) is 4.98 Å². The van der Waals surface area contributed by atoms with E-state index in [9.17, 15) is 4.39 Å². The Kier molecular flexibility index (Phi) is 3.05. The van der Waals surface area contributed by atoms with Crippen LogP contribution in [0.2, 0.25) is 0 Å². The number of hydrogen-bond acceptors (Lipinski definition) is 4. The van der Waals surface area contributed by atoms with Crippen molar-refractivity contribution in [3.63, 3.8) is 0 Å². The molecule has 2 rings (SSSR count). The van der Waals surface area contributed by atoms with Crippen LogP contribution in [0.25, 0.3) is 0 Å². The minimum Gasteiger partial charge on any atom is -0.350 e. The molecule has 0 amide bonds. The molecule has 0 aromatic carbocycles. The highest BCUT2D eigenvalue weighted by atomic mass is 19.1. The van der Waals surface area contributed by atoms with Crippen molar-refractivity contribution in [2.24, 2.45) is 0 Å². The number of halogens is 1. The molecule has 0 radical (unpaired) electrons. The van der Waals surface area contributed by atoms with Gasteiger partial charge in [-0.05, 0) is 24.1 Å². The van der Waals surface area contributed by atoms with Crippen LogP contribution in [0.15, 0.2) is 30.9 Å². The van der Waals surface area contributed by atoms with Crippen molar-refractivity contribution >= 4 is 5.95 Å². The molecular weight excluding hydrogens is 207 g/mol. The van der Waals surface area contributed by atoms with Crippen LogP contribution in [0.3, 0.4) is 0 Å². The molecule has 0 fully saturated rings. The van der Waals surface area contributed by atoms with Crippen LogP contribution in [-0.4, -0.2) is 15.0 Å². The van der Waals surface area contributed by atoms with Gasteiger partial charge in [-0.15, -0.1) is 0 Å². The monoisotopic (exact) mass is 218 g/mol. The van der Waals surface area contributed by atoms with Gasteiger partial charge in [0.25, 0.3) is 0 Å². The van der Waals surface area contributed by atoms with E-state index in [-0.39, 0.29) is 0 Å². The maximum atomic E-state index is 12.6. The number of nitrogens with zero attached hydrogens (tertiary/aromatic N) is 3. The van der Waals surface area contributed by atoms with Gasteiger partial charge < -0.3 is 5.32 Å². The van der Waals surface area contributed by atoms with E-state index in [4.69, 9.17) is 0 Å². The van der Waals surface area contributed by atoms with Gasteiger partial charge in [-0.25, -0.2) is 14.4 Å². The normalized spacial score (nSPS) is 10.1. The highest BCUT2D eigenvalue weighted by Crippen LogP contribution is 2.07. The summed E-state index contributed by atoms with van der Waals surface area (Å²) in [5, 5.41) is 3.00. The fourth-order valence-electron chi connectivity index (χ4n) is 1.26. The molecule has 2 aromatic heterocycles. The summed E-state index contributed by atoms with van der Waals surface area (Å²) in [5.74, 6) is -0.0345. The second-order valence-corrected chi connectivity index (χ2v) is 3.38. The molecular formula is C11H11FN4. The van der Waals surface area contributed by atoms with E-state index >= 15 is 0 Å². The minimum atomic E-state index is -0.442. The number of rotatable bonds is 3. The molecule has 16 heavy (non-hydrogen) atoms. The second-order valence-electron chi connectivity index (χ2n) is 3.38. The van der Waals surface area contributed by atoms with E-state index in [1.54, 1.807) is 12.4 Å². The molecule has 2 aromatic rings. The van der Waals surface area contributed by atoms with Crippen molar-refractivity contribution in [3.05, 3.63) is 47.8 Å². The van der Waals surface area contributed by atoms with E-state index in [0.29, 0.717) is 12.5 Å². The van der Waals surface area contributed by atoms with Crippen LogP contribution in [-0.2, 0) is 6.54 Å². The minimum absolute atomic E-state index is 0.407. The molecule has 0 unspecified atom stereocenters. The Morgan fingerprint density at radius 3 is 2.69 bits per heavy atom. The van der Waals surface area contributed by atoms with Gasteiger partial charge in [-0.1, -0.05) is 0 Å². The zero-order chi connectivity index (χ0) is 11.4. The lowest BCUT2D eigenvalue weighted by molar-refractivity contribution is 0.614. The molecule has 1 N–H and O–H groups in total. The summed E-state index contributed by atoms with van der Waals surface area (Å²) in [6, 6.07) is 1.93. The zero-order valence-corrected chi connectivity index (χ0v) is 8.81. The molecule has 0 atom stereocenters. The van der Waals surface area contributed by atoms with Crippen LogP contribution in [0, 0.1) is 12.7 Å². The van der Waals surface area contributed by atoms with E-state index in [1.807, 2.05) is 13.0 Å². The van der Waals surface area contributed by atoms with Gasteiger partial charge >= 0.3 is 0 Å². The largest absolute Gasteiger partial charge is 0.350 e. The summed E-state index contributed by atoms with van der Waals surface area (Å²) < 4.78 is 12.6. The standard InChI is InChI=1S/C11H11FN4/c1-8-2-3-13-4-9(8)5-14-11-15-6-10(12)7-16-11/h2-4,6-7H,5H2,1H3,(H,14,15,16). The number of anilines is 1. The van der Waals surface area contributed by atoms with Crippen LogP contribution in [0.1, 0.15) is 11.1 Å². The third kappa shape index (κ3) is 2.50. The van der Waals surface area contributed by atoms with Crippen LogP contribution in [0.5, 0.6) is 0 Å².